The Bertz CT molecular complexity index is 1060. The quantitative estimate of drug-likeness (QED) is 0.522. The largest absolute Gasteiger partial charge is 0.711 e. The number of amides is 1. The van der Waals surface area contributed by atoms with E-state index in [0.717, 1.165) is 6.07 Å². The first kappa shape index (κ1) is 19.0. The lowest BCUT2D eigenvalue weighted by atomic mass is 10.1. The molecular weight excluding hydrogens is 377 g/mol. The van der Waals surface area contributed by atoms with Crippen molar-refractivity contribution in [2.75, 3.05) is 19.1 Å². The van der Waals surface area contributed by atoms with Gasteiger partial charge >= 0.3 is 6.09 Å². The number of methoxy groups -OCH3 is 1. The summed E-state index contributed by atoms with van der Waals surface area (Å²) in [6.45, 7) is 5.19. The van der Waals surface area contributed by atoms with E-state index in [1.165, 1.54) is 31.3 Å². The normalized spacial score (nSPS) is 11.8. The molecule has 2 heterocycles. The van der Waals surface area contributed by atoms with E-state index in [1.54, 1.807) is 20.8 Å². The third-order valence-corrected chi connectivity index (χ3v) is 4.16. The van der Waals surface area contributed by atoms with Crippen molar-refractivity contribution in [2.24, 2.45) is 0 Å². The maximum atomic E-state index is 14.7. The average Bonchev–Trinajstić information content (AvgIpc) is 2.91. The molecule has 0 fully saturated rings. The molecule has 1 N–H and O–H groups in total. The van der Waals surface area contributed by atoms with E-state index in [9.17, 15) is 14.4 Å². The average molecular weight is 396 g/mol. The lowest BCUT2D eigenvalue weighted by molar-refractivity contribution is -0.578. The molecule has 0 radical (unpaired) electrons. The van der Waals surface area contributed by atoms with E-state index in [-0.39, 0.29) is 22.1 Å². The van der Waals surface area contributed by atoms with Gasteiger partial charge in [0.25, 0.3) is 5.65 Å². The van der Waals surface area contributed by atoms with Crippen LogP contribution in [0.5, 0.6) is 5.75 Å². The number of H-pyrrole nitrogens is 1. The molecule has 0 atom stereocenters. The van der Waals surface area contributed by atoms with Crippen LogP contribution in [-0.2, 0) is 4.74 Å². The molecule has 0 aliphatic rings. The molecular formula is C18H19ClFN3O4. The van der Waals surface area contributed by atoms with E-state index in [2.05, 4.69) is 4.98 Å². The van der Waals surface area contributed by atoms with Gasteiger partial charge in [0, 0.05) is 13.1 Å². The minimum absolute atomic E-state index is 0.0557. The van der Waals surface area contributed by atoms with Crippen molar-refractivity contribution in [3.8, 4) is 5.75 Å². The number of hydrogen-bond donors (Lipinski definition) is 1. The molecule has 7 nitrogen and oxygen atoms in total. The highest BCUT2D eigenvalue weighted by atomic mass is 35.5. The molecule has 0 bridgehead atoms. The first-order chi connectivity index (χ1) is 12.5. The van der Waals surface area contributed by atoms with E-state index in [1.807, 2.05) is 0 Å². The lowest BCUT2D eigenvalue weighted by Crippen LogP contribution is -2.34. The maximum Gasteiger partial charge on any atom is 0.414 e. The van der Waals surface area contributed by atoms with Crippen molar-refractivity contribution in [2.45, 2.75) is 26.4 Å². The highest BCUT2D eigenvalue weighted by Gasteiger charge is 2.28. The number of aromatic nitrogens is 2. The Morgan fingerprint density at radius 3 is 2.63 bits per heavy atom. The number of rotatable bonds is 2. The molecule has 144 valence electrons. The fourth-order valence-corrected chi connectivity index (χ4v) is 3.06. The Morgan fingerprint density at radius 2 is 2.04 bits per heavy atom. The van der Waals surface area contributed by atoms with Crippen molar-refractivity contribution >= 4 is 45.3 Å². The minimum atomic E-state index is -0.721. The molecule has 0 unspecified atom stereocenters. The van der Waals surface area contributed by atoms with Crippen molar-refractivity contribution < 1.29 is 23.4 Å². The Kier molecular flexibility index (Phi) is 4.55. The predicted octanol–water partition coefficient (Wildman–Crippen LogP) is 4.13. The number of halogens is 2. The summed E-state index contributed by atoms with van der Waals surface area (Å²) in [5.41, 5.74) is -0.00733. The summed E-state index contributed by atoms with van der Waals surface area (Å²) in [5, 5.41) is 13.1. The van der Waals surface area contributed by atoms with Gasteiger partial charge in [-0.15, -0.1) is 0 Å². The van der Waals surface area contributed by atoms with Crippen molar-refractivity contribution in [1.29, 1.82) is 0 Å². The Hall–Kier alpha value is -2.74. The Labute approximate surface area is 159 Å². The zero-order valence-corrected chi connectivity index (χ0v) is 16.3. The van der Waals surface area contributed by atoms with Gasteiger partial charge in [-0.1, -0.05) is 11.6 Å². The number of anilines is 1. The zero-order chi connectivity index (χ0) is 20.1. The summed E-state index contributed by atoms with van der Waals surface area (Å²) in [7, 11) is 2.78. The molecule has 0 saturated heterocycles. The highest BCUT2D eigenvalue weighted by Crippen LogP contribution is 2.40. The van der Waals surface area contributed by atoms with E-state index in [0.29, 0.717) is 21.0 Å². The number of pyridine rings is 1. The summed E-state index contributed by atoms with van der Waals surface area (Å²) >= 11 is 5.99. The van der Waals surface area contributed by atoms with Gasteiger partial charge in [-0.05, 0) is 26.8 Å². The minimum Gasteiger partial charge on any atom is -0.711 e. The zero-order valence-electron chi connectivity index (χ0n) is 15.5. The number of benzene rings is 1. The summed E-state index contributed by atoms with van der Waals surface area (Å²) in [6.07, 6.45) is 0.513. The van der Waals surface area contributed by atoms with Crippen LogP contribution in [0.15, 0.2) is 18.3 Å². The summed E-state index contributed by atoms with van der Waals surface area (Å²) < 4.78 is 25.8. The number of aromatic amines is 1. The Balaban J connectivity index is 2.32. The summed E-state index contributed by atoms with van der Waals surface area (Å²) in [4.78, 5) is 16.6. The fraction of sp³-hybridized carbons (Fsp3) is 0.333. The van der Waals surface area contributed by atoms with Gasteiger partial charge in [-0.3, -0.25) is 4.90 Å². The van der Waals surface area contributed by atoms with Gasteiger partial charge in [-0.2, -0.15) is 0 Å². The van der Waals surface area contributed by atoms with Crippen LogP contribution in [0.3, 0.4) is 0 Å². The van der Waals surface area contributed by atoms with Crippen LogP contribution in [-0.4, -0.2) is 30.8 Å². The van der Waals surface area contributed by atoms with Crippen LogP contribution >= 0.6 is 11.6 Å². The van der Waals surface area contributed by atoms with Crippen LogP contribution in [0.1, 0.15) is 20.8 Å². The molecule has 3 rings (SSSR count). The molecule has 27 heavy (non-hydrogen) atoms. The van der Waals surface area contributed by atoms with Crippen molar-refractivity contribution in [3.05, 3.63) is 34.4 Å². The predicted molar refractivity (Wildman–Crippen MR) is 101 cm³/mol. The number of carbonyl (C=O) groups is 1. The van der Waals surface area contributed by atoms with Gasteiger partial charge < -0.3 is 14.7 Å². The first-order valence-corrected chi connectivity index (χ1v) is 8.48. The SMILES string of the molecule is COc1c(F)cc(N(C)C(=O)OC(C)(C)C)c2[nH]c3c(cc(Cl)c[n+]3[O-])c12. The number of nitrogens with zero attached hydrogens (tertiary/aromatic N) is 2. The monoisotopic (exact) mass is 395 g/mol. The van der Waals surface area contributed by atoms with Gasteiger partial charge in [0.15, 0.2) is 17.1 Å². The Morgan fingerprint density at radius 1 is 1.37 bits per heavy atom. The topological polar surface area (TPSA) is 81.5 Å². The van der Waals surface area contributed by atoms with Crippen LogP contribution in [0.4, 0.5) is 14.9 Å². The molecule has 3 aromatic rings. The van der Waals surface area contributed by atoms with Gasteiger partial charge in [0.05, 0.1) is 28.6 Å². The summed E-state index contributed by atoms with van der Waals surface area (Å²) in [5.74, 6) is -0.742. The second kappa shape index (κ2) is 6.45. The molecule has 0 aliphatic heterocycles. The highest BCUT2D eigenvalue weighted by molar-refractivity contribution is 6.31. The number of fused-ring (bicyclic) bond motifs is 3. The standard InChI is InChI=1S/C18H19ClFN3O4/c1-18(2,3)27-17(24)22(4)12-7-11(20)15(26-5)13-10-6-9(19)8-23(25)16(10)21-14(12)13/h6-8,21H,1-5H3. The van der Waals surface area contributed by atoms with Gasteiger partial charge in [0.2, 0.25) is 0 Å². The molecule has 0 spiro atoms. The third-order valence-electron chi connectivity index (χ3n) is 3.96. The van der Waals surface area contributed by atoms with Crippen LogP contribution < -0.4 is 14.4 Å². The smallest absolute Gasteiger partial charge is 0.414 e. The molecule has 1 amide bonds. The van der Waals surface area contributed by atoms with E-state index >= 15 is 0 Å². The van der Waals surface area contributed by atoms with Crippen molar-refractivity contribution in [1.82, 2.24) is 4.98 Å². The number of ether oxygens (including phenoxy) is 2. The van der Waals surface area contributed by atoms with Gasteiger partial charge in [0.1, 0.15) is 11.8 Å². The van der Waals surface area contributed by atoms with Crippen LogP contribution in [0.25, 0.3) is 21.9 Å². The fourth-order valence-electron chi connectivity index (χ4n) is 2.87. The maximum absolute atomic E-state index is 14.7. The number of nitrogens with one attached hydrogen (secondary N) is 1. The lowest BCUT2D eigenvalue weighted by Gasteiger charge is -2.24. The number of hydrogen-bond acceptors (Lipinski definition) is 4. The molecule has 0 aliphatic carbocycles. The van der Waals surface area contributed by atoms with E-state index in [4.69, 9.17) is 21.1 Å². The van der Waals surface area contributed by atoms with E-state index < -0.39 is 17.5 Å². The molecule has 9 heteroatoms. The first-order valence-electron chi connectivity index (χ1n) is 8.10. The summed E-state index contributed by atoms with van der Waals surface area (Å²) in [6, 6.07) is 2.68. The van der Waals surface area contributed by atoms with Crippen molar-refractivity contribution in [3.63, 3.8) is 0 Å². The van der Waals surface area contributed by atoms with Crippen LogP contribution in [0, 0.1) is 11.0 Å². The second-order valence-electron chi connectivity index (χ2n) is 7.07. The molecule has 0 saturated carbocycles. The van der Waals surface area contributed by atoms with Crippen LogP contribution in [0.2, 0.25) is 5.02 Å². The second-order valence-corrected chi connectivity index (χ2v) is 7.51. The molecule has 1 aromatic carbocycles. The third kappa shape index (κ3) is 3.32. The van der Waals surface area contributed by atoms with Gasteiger partial charge in [-0.25, -0.2) is 18.9 Å². The number of carbonyl (C=O) groups excluding carboxylic acids is 1. The molecule has 2 aromatic heterocycles.